The maximum absolute atomic E-state index is 4.66. The van der Waals surface area contributed by atoms with E-state index in [2.05, 4.69) is 20.3 Å². The fourth-order valence-corrected chi connectivity index (χ4v) is 2.27. The molecule has 3 aromatic rings. The SMILES string of the molecule is c1ccc2c(c1)ncn2-c1cncc(CNC2CC2)n1. The van der Waals surface area contributed by atoms with Crippen LogP contribution in [-0.4, -0.2) is 25.6 Å². The smallest absolute Gasteiger partial charge is 0.157 e. The molecule has 1 saturated carbocycles. The molecule has 0 radical (unpaired) electrons. The number of imidazole rings is 1. The van der Waals surface area contributed by atoms with Gasteiger partial charge in [-0.3, -0.25) is 9.55 Å². The molecule has 1 aromatic carbocycles. The molecule has 1 aliphatic rings. The second-order valence-electron chi connectivity index (χ2n) is 5.13. The van der Waals surface area contributed by atoms with E-state index in [4.69, 9.17) is 0 Å². The normalized spacial score (nSPS) is 14.8. The average molecular weight is 265 g/mol. The van der Waals surface area contributed by atoms with E-state index in [9.17, 15) is 0 Å². The van der Waals surface area contributed by atoms with Crippen molar-refractivity contribution in [2.45, 2.75) is 25.4 Å². The number of rotatable bonds is 4. The monoisotopic (exact) mass is 265 g/mol. The maximum atomic E-state index is 4.66. The van der Waals surface area contributed by atoms with Crippen LogP contribution in [0.2, 0.25) is 0 Å². The first-order valence-corrected chi connectivity index (χ1v) is 6.87. The fraction of sp³-hybridized carbons (Fsp3) is 0.267. The first-order chi connectivity index (χ1) is 9.90. The second kappa shape index (κ2) is 4.68. The predicted molar refractivity (Wildman–Crippen MR) is 76.5 cm³/mol. The molecule has 2 heterocycles. The van der Waals surface area contributed by atoms with Gasteiger partial charge in [0.15, 0.2) is 5.82 Å². The highest BCUT2D eigenvalue weighted by Crippen LogP contribution is 2.19. The largest absolute Gasteiger partial charge is 0.308 e. The average Bonchev–Trinajstić information content (AvgIpc) is 3.23. The van der Waals surface area contributed by atoms with Gasteiger partial charge in [0.05, 0.1) is 22.9 Å². The first-order valence-electron chi connectivity index (χ1n) is 6.87. The summed E-state index contributed by atoms with van der Waals surface area (Å²) in [6.45, 7) is 0.776. The van der Waals surface area contributed by atoms with E-state index in [1.165, 1.54) is 12.8 Å². The summed E-state index contributed by atoms with van der Waals surface area (Å²) in [4.78, 5) is 13.3. The number of benzene rings is 1. The Bertz CT molecular complexity index is 745. The highest BCUT2D eigenvalue weighted by Gasteiger charge is 2.20. The van der Waals surface area contributed by atoms with Crippen LogP contribution in [0.4, 0.5) is 0 Å². The van der Waals surface area contributed by atoms with Gasteiger partial charge < -0.3 is 5.32 Å². The van der Waals surface area contributed by atoms with E-state index < -0.39 is 0 Å². The van der Waals surface area contributed by atoms with Gasteiger partial charge >= 0.3 is 0 Å². The molecule has 0 bridgehead atoms. The topological polar surface area (TPSA) is 55.6 Å². The third kappa shape index (κ3) is 2.16. The molecule has 0 amide bonds. The van der Waals surface area contributed by atoms with Crippen LogP contribution in [-0.2, 0) is 6.54 Å². The van der Waals surface area contributed by atoms with Gasteiger partial charge in [-0.1, -0.05) is 12.1 Å². The molecule has 1 aliphatic carbocycles. The molecular weight excluding hydrogens is 250 g/mol. The number of nitrogens with one attached hydrogen (secondary N) is 1. The molecule has 4 rings (SSSR count). The van der Waals surface area contributed by atoms with Gasteiger partial charge in [0.2, 0.25) is 0 Å². The predicted octanol–water partition coefficient (Wildman–Crippen LogP) is 2.07. The summed E-state index contributed by atoms with van der Waals surface area (Å²) in [5, 5.41) is 3.46. The molecule has 0 atom stereocenters. The number of para-hydroxylation sites is 2. The number of hydrogen-bond donors (Lipinski definition) is 1. The van der Waals surface area contributed by atoms with Crippen LogP contribution >= 0.6 is 0 Å². The molecule has 1 N–H and O–H groups in total. The number of aromatic nitrogens is 4. The third-order valence-corrected chi connectivity index (χ3v) is 3.52. The van der Waals surface area contributed by atoms with Crippen molar-refractivity contribution >= 4 is 11.0 Å². The highest BCUT2D eigenvalue weighted by molar-refractivity contribution is 5.76. The minimum atomic E-state index is 0.675. The molecule has 1 fully saturated rings. The van der Waals surface area contributed by atoms with Crippen molar-refractivity contribution in [1.29, 1.82) is 0 Å². The molecule has 0 aliphatic heterocycles. The lowest BCUT2D eigenvalue weighted by molar-refractivity contribution is 0.669. The van der Waals surface area contributed by atoms with Gasteiger partial charge in [-0.25, -0.2) is 9.97 Å². The number of hydrogen-bond acceptors (Lipinski definition) is 4. The molecule has 5 heteroatoms. The van der Waals surface area contributed by atoms with Crippen LogP contribution in [0.25, 0.3) is 16.9 Å². The molecule has 5 nitrogen and oxygen atoms in total. The van der Waals surface area contributed by atoms with Gasteiger partial charge in [0, 0.05) is 18.8 Å². The van der Waals surface area contributed by atoms with Crippen LogP contribution in [0, 0.1) is 0 Å². The minimum absolute atomic E-state index is 0.675. The van der Waals surface area contributed by atoms with Crippen molar-refractivity contribution in [1.82, 2.24) is 24.8 Å². The summed E-state index contributed by atoms with van der Waals surface area (Å²) in [6, 6.07) is 8.71. The van der Waals surface area contributed by atoms with Gasteiger partial charge in [-0.15, -0.1) is 0 Å². The fourth-order valence-electron chi connectivity index (χ4n) is 2.27. The maximum Gasteiger partial charge on any atom is 0.157 e. The van der Waals surface area contributed by atoms with Gasteiger partial charge in [-0.2, -0.15) is 0 Å². The lowest BCUT2D eigenvalue weighted by atomic mass is 10.3. The van der Waals surface area contributed by atoms with E-state index >= 15 is 0 Å². The Balaban J connectivity index is 1.68. The van der Waals surface area contributed by atoms with E-state index in [1.54, 1.807) is 12.5 Å². The summed E-state index contributed by atoms with van der Waals surface area (Å²) >= 11 is 0. The Kier molecular flexibility index (Phi) is 2.70. The zero-order chi connectivity index (χ0) is 13.4. The lowest BCUT2D eigenvalue weighted by Crippen LogP contribution is -2.17. The van der Waals surface area contributed by atoms with E-state index in [0.29, 0.717) is 6.04 Å². The van der Waals surface area contributed by atoms with Crippen molar-refractivity contribution in [3.05, 3.63) is 48.7 Å². The zero-order valence-electron chi connectivity index (χ0n) is 11.0. The first kappa shape index (κ1) is 11.5. The van der Waals surface area contributed by atoms with Crippen molar-refractivity contribution in [2.75, 3.05) is 0 Å². The standard InChI is InChI=1S/C15H15N5/c1-2-4-14-13(3-1)18-10-20(14)15-9-16-7-12(19-15)8-17-11-5-6-11/h1-4,7,9-11,17H,5-6,8H2. The van der Waals surface area contributed by atoms with Gasteiger partial charge in [-0.05, 0) is 25.0 Å². The quantitative estimate of drug-likeness (QED) is 0.784. The van der Waals surface area contributed by atoms with E-state index in [0.717, 1.165) is 29.1 Å². The van der Waals surface area contributed by atoms with Gasteiger partial charge in [0.25, 0.3) is 0 Å². The molecule has 0 spiro atoms. The Morgan fingerprint density at radius 2 is 2.10 bits per heavy atom. The second-order valence-corrected chi connectivity index (χ2v) is 5.13. The zero-order valence-corrected chi connectivity index (χ0v) is 11.0. The van der Waals surface area contributed by atoms with Crippen molar-refractivity contribution < 1.29 is 0 Å². The number of nitrogens with zero attached hydrogens (tertiary/aromatic N) is 4. The lowest BCUT2D eigenvalue weighted by Gasteiger charge is -2.06. The molecule has 2 aromatic heterocycles. The van der Waals surface area contributed by atoms with E-state index in [-0.39, 0.29) is 0 Å². The summed E-state index contributed by atoms with van der Waals surface area (Å²) < 4.78 is 1.98. The Hall–Kier alpha value is -2.27. The summed E-state index contributed by atoms with van der Waals surface area (Å²) in [5.74, 6) is 0.814. The number of fused-ring (bicyclic) bond motifs is 1. The van der Waals surface area contributed by atoms with Crippen LogP contribution in [0.15, 0.2) is 43.0 Å². The molecule has 100 valence electrons. The Morgan fingerprint density at radius 3 is 3.00 bits per heavy atom. The van der Waals surface area contributed by atoms with Crippen LogP contribution in [0.3, 0.4) is 0 Å². The molecule has 20 heavy (non-hydrogen) atoms. The summed E-state index contributed by atoms with van der Waals surface area (Å²) in [7, 11) is 0. The molecule has 0 unspecified atom stereocenters. The minimum Gasteiger partial charge on any atom is -0.308 e. The summed E-state index contributed by atoms with van der Waals surface area (Å²) in [6.07, 6.45) is 7.94. The van der Waals surface area contributed by atoms with Crippen LogP contribution in [0.5, 0.6) is 0 Å². The Labute approximate surface area is 116 Å². The van der Waals surface area contributed by atoms with E-state index in [1.807, 2.05) is 35.0 Å². The highest BCUT2D eigenvalue weighted by atomic mass is 15.1. The van der Waals surface area contributed by atoms with Crippen molar-refractivity contribution in [3.63, 3.8) is 0 Å². The van der Waals surface area contributed by atoms with Crippen molar-refractivity contribution in [3.8, 4) is 5.82 Å². The Morgan fingerprint density at radius 1 is 1.20 bits per heavy atom. The van der Waals surface area contributed by atoms with Crippen LogP contribution < -0.4 is 5.32 Å². The van der Waals surface area contributed by atoms with Crippen LogP contribution in [0.1, 0.15) is 18.5 Å². The summed E-state index contributed by atoms with van der Waals surface area (Å²) in [5.41, 5.74) is 2.98. The molecular formula is C15H15N5. The molecule has 0 saturated heterocycles. The van der Waals surface area contributed by atoms with Gasteiger partial charge in [0.1, 0.15) is 6.33 Å². The third-order valence-electron chi connectivity index (χ3n) is 3.52. The van der Waals surface area contributed by atoms with Crippen molar-refractivity contribution in [2.24, 2.45) is 0 Å².